The molecule has 0 saturated carbocycles. The summed E-state index contributed by atoms with van der Waals surface area (Å²) >= 11 is 7.58. The van der Waals surface area contributed by atoms with Crippen LogP contribution in [0.4, 0.5) is 10.1 Å². The minimum absolute atomic E-state index is 0.236. The van der Waals surface area contributed by atoms with Crippen molar-refractivity contribution < 1.29 is 9.18 Å². The first-order valence-corrected chi connectivity index (χ1v) is 10.4. The first-order chi connectivity index (χ1) is 13.5. The molecule has 146 valence electrons. The Labute approximate surface area is 172 Å². The van der Waals surface area contributed by atoms with E-state index >= 15 is 0 Å². The lowest BCUT2D eigenvalue weighted by molar-refractivity contribution is 0.0955. The van der Waals surface area contributed by atoms with E-state index in [-0.39, 0.29) is 11.7 Å². The fourth-order valence-corrected chi connectivity index (χ4v) is 4.92. The number of thiophene rings is 1. The number of halogens is 2. The number of para-hydroxylation sites is 1. The van der Waals surface area contributed by atoms with Gasteiger partial charge in [0, 0.05) is 48.5 Å². The molecule has 0 spiro atoms. The molecule has 1 aliphatic rings. The Morgan fingerprint density at radius 2 is 1.93 bits per heavy atom. The summed E-state index contributed by atoms with van der Waals surface area (Å²) in [6.07, 6.45) is 0. The summed E-state index contributed by atoms with van der Waals surface area (Å²) in [6.45, 7) is 4.40. The Balaban J connectivity index is 1.51. The molecular formula is C21H21ClFN3OS. The standard InChI is InChI=1S/C21H21ClFN3OS/c1-25-8-10-26(11-9-25)17-5-3-2-4-14(17)13-24-21(27)20-19(22)16-7-6-15(23)12-18(16)28-20/h2-7,12H,8-11,13H2,1H3,(H,24,27). The van der Waals surface area contributed by atoms with Crippen molar-refractivity contribution in [2.24, 2.45) is 0 Å². The smallest absolute Gasteiger partial charge is 0.263 e. The van der Waals surface area contributed by atoms with E-state index in [4.69, 9.17) is 11.6 Å². The number of anilines is 1. The molecule has 0 radical (unpaired) electrons. The summed E-state index contributed by atoms with van der Waals surface area (Å²) in [6, 6.07) is 12.5. The summed E-state index contributed by atoms with van der Waals surface area (Å²) < 4.78 is 14.1. The second-order valence-corrected chi connectivity index (χ2v) is 8.42. The molecular weight excluding hydrogens is 397 g/mol. The molecule has 0 bridgehead atoms. The molecule has 1 saturated heterocycles. The fraction of sp³-hybridized carbons (Fsp3) is 0.286. The maximum absolute atomic E-state index is 13.4. The van der Waals surface area contributed by atoms with Crippen molar-refractivity contribution in [3.05, 3.63) is 63.7 Å². The predicted molar refractivity (Wildman–Crippen MR) is 114 cm³/mol. The van der Waals surface area contributed by atoms with Gasteiger partial charge in [-0.05, 0) is 36.9 Å². The van der Waals surface area contributed by atoms with E-state index in [1.807, 2.05) is 18.2 Å². The van der Waals surface area contributed by atoms with Crippen LogP contribution < -0.4 is 10.2 Å². The number of benzene rings is 2. The molecule has 1 N–H and O–H groups in total. The molecule has 2 aromatic carbocycles. The Morgan fingerprint density at radius 3 is 2.71 bits per heavy atom. The van der Waals surface area contributed by atoms with Crippen molar-refractivity contribution in [1.29, 1.82) is 0 Å². The molecule has 3 aromatic rings. The number of carbonyl (C=O) groups is 1. The van der Waals surface area contributed by atoms with E-state index in [1.165, 1.54) is 23.5 Å². The summed E-state index contributed by atoms with van der Waals surface area (Å²) in [5.41, 5.74) is 2.23. The van der Waals surface area contributed by atoms with E-state index in [0.29, 0.717) is 26.5 Å². The number of piperazine rings is 1. The minimum atomic E-state index is -0.335. The molecule has 0 unspecified atom stereocenters. The Bertz CT molecular complexity index is 1010. The molecule has 28 heavy (non-hydrogen) atoms. The molecule has 4 nitrogen and oxygen atoms in total. The van der Waals surface area contributed by atoms with Gasteiger partial charge in [0.2, 0.25) is 0 Å². The van der Waals surface area contributed by atoms with Crippen molar-refractivity contribution in [3.63, 3.8) is 0 Å². The number of rotatable bonds is 4. The van der Waals surface area contributed by atoms with Crippen LogP contribution in [0.3, 0.4) is 0 Å². The zero-order valence-corrected chi connectivity index (χ0v) is 17.1. The number of likely N-dealkylation sites (N-methyl/N-ethyl adjacent to an activating group) is 1. The van der Waals surface area contributed by atoms with Crippen molar-refractivity contribution in [1.82, 2.24) is 10.2 Å². The average Bonchev–Trinajstić information content (AvgIpc) is 3.03. The van der Waals surface area contributed by atoms with Crippen LogP contribution >= 0.6 is 22.9 Å². The normalized spacial score (nSPS) is 15.2. The third-order valence-electron chi connectivity index (χ3n) is 5.07. The number of hydrogen-bond acceptors (Lipinski definition) is 4. The van der Waals surface area contributed by atoms with Gasteiger partial charge < -0.3 is 15.1 Å². The van der Waals surface area contributed by atoms with Gasteiger partial charge in [-0.2, -0.15) is 0 Å². The first kappa shape index (κ1) is 19.2. The van der Waals surface area contributed by atoms with Crippen LogP contribution in [0.5, 0.6) is 0 Å². The lowest BCUT2D eigenvalue weighted by Gasteiger charge is -2.35. The second-order valence-electron chi connectivity index (χ2n) is 6.99. The predicted octanol–water partition coefficient (Wildman–Crippen LogP) is 4.38. The minimum Gasteiger partial charge on any atom is -0.369 e. The Morgan fingerprint density at radius 1 is 1.18 bits per heavy atom. The van der Waals surface area contributed by atoms with Crippen molar-refractivity contribution in [2.45, 2.75) is 6.54 Å². The molecule has 0 aliphatic carbocycles. The average molecular weight is 418 g/mol. The SMILES string of the molecule is CN1CCN(c2ccccc2CNC(=O)c2sc3cc(F)ccc3c2Cl)CC1. The third-order valence-corrected chi connectivity index (χ3v) is 6.73. The summed E-state index contributed by atoms with van der Waals surface area (Å²) in [4.78, 5) is 17.8. The second kappa shape index (κ2) is 8.07. The maximum Gasteiger partial charge on any atom is 0.263 e. The van der Waals surface area contributed by atoms with E-state index in [1.54, 1.807) is 6.07 Å². The van der Waals surface area contributed by atoms with Crippen LogP contribution in [0, 0.1) is 5.82 Å². The van der Waals surface area contributed by atoms with E-state index in [9.17, 15) is 9.18 Å². The topological polar surface area (TPSA) is 35.6 Å². The molecule has 4 rings (SSSR count). The van der Waals surface area contributed by atoms with Gasteiger partial charge in [0.05, 0.1) is 5.02 Å². The van der Waals surface area contributed by atoms with Gasteiger partial charge in [0.1, 0.15) is 10.7 Å². The van der Waals surface area contributed by atoms with Gasteiger partial charge in [0.25, 0.3) is 5.91 Å². The monoisotopic (exact) mass is 417 g/mol. The van der Waals surface area contributed by atoms with Crippen LogP contribution in [0.2, 0.25) is 5.02 Å². The lowest BCUT2D eigenvalue weighted by Crippen LogP contribution is -2.45. The Hall–Kier alpha value is -2.15. The quantitative estimate of drug-likeness (QED) is 0.684. The van der Waals surface area contributed by atoms with Gasteiger partial charge in [-0.15, -0.1) is 11.3 Å². The van der Waals surface area contributed by atoms with Crippen LogP contribution in [-0.4, -0.2) is 44.0 Å². The third kappa shape index (κ3) is 3.85. The number of amides is 1. The number of nitrogens with zero attached hydrogens (tertiary/aromatic N) is 2. The first-order valence-electron chi connectivity index (χ1n) is 9.20. The van der Waals surface area contributed by atoms with Crippen molar-refractivity contribution >= 4 is 44.6 Å². The maximum atomic E-state index is 13.4. The van der Waals surface area contributed by atoms with Crippen LogP contribution in [0.25, 0.3) is 10.1 Å². The highest BCUT2D eigenvalue weighted by Crippen LogP contribution is 2.35. The lowest BCUT2D eigenvalue weighted by atomic mass is 10.1. The zero-order valence-electron chi connectivity index (χ0n) is 15.5. The molecule has 1 aliphatic heterocycles. The van der Waals surface area contributed by atoms with Gasteiger partial charge in [0.15, 0.2) is 0 Å². The highest BCUT2D eigenvalue weighted by Gasteiger charge is 2.19. The van der Waals surface area contributed by atoms with E-state index in [2.05, 4.69) is 28.2 Å². The summed E-state index contributed by atoms with van der Waals surface area (Å²) in [5.74, 6) is -0.571. The van der Waals surface area contributed by atoms with Gasteiger partial charge in [-0.1, -0.05) is 29.8 Å². The molecule has 7 heteroatoms. The fourth-order valence-electron chi connectivity index (χ4n) is 3.46. The molecule has 0 atom stereocenters. The van der Waals surface area contributed by atoms with Gasteiger partial charge in [-0.25, -0.2) is 4.39 Å². The van der Waals surface area contributed by atoms with E-state index < -0.39 is 0 Å². The molecule has 1 fully saturated rings. The summed E-state index contributed by atoms with van der Waals surface area (Å²) in [5, 5.41) is 4.06. The van der Waals surface area contributed by atoms with Crippen LogP contribution in [0.1, 0.15) is 15.2 Å². The Kier molecular flexibility index (Phi) is 5.53. The van der Waals surface area contributed by atoms with Crippen LogP contribution in [-0.2, 0) is 6.54 Å². The van der Waals surface area contributed by atoms with Crippen LogP contribution in [0.15, 0.2) is 42.5 Å². The largest absolute Gasteiger partial charge is 0.369 e. The summed E-state index contributed by atoms with van der Waals surface area (Å²) in [7, 11) is 2.13. The number of fused-ring (bicyclic) bond motifs is 1. The number of hydrogen-bond donors (Lipinski definition) is 1. The molecule has 2 heterocycles. The number of nitrogens with one attached hydrogen (secondary N) is 1. The highest BCUT2D eigenvalue weighted by molar-refractivity contribution is 7.21. The molecule has 1 amide bonds. The highest BCUT2D eigenvalue weighted by atomic mass is 35.5. The number of carbonyl (C=O) groups excluding carboxylic acids is 1. The van der Waals surface area contributed by atoms with Gasteiger partial charge in [-0.3, -0.25) is 4.79 Å². The van der Waals surface area contributed by atoms with Crippen molar-refractivity contribution in [3.8, 4) is 0 Å². The van der Waals surface area contributed by atoms with Crippen molar-refractivity contribution in [2.75, 3.05) is 38.1 Å². The van der Waals surface area contributed by atoms with E-state index in [0.717, 1.165) is 37.4 Å². The molecule has 1 aromatic heterocycles. The van der Waals surface area contributed by atoms with Gasteiger partial charge >= 0.3 is 0 Å². The zero-order chi connectivity index (χ0) is 19.7.